The average molecular weight is 269 g/mol. The second-order valence-corrected chi connectivity index (χ2v) is 4.05. The molecule has 0 saturated carbocycles. The Kier molecular flexibility index (Phi) is 4.50. The Balaban J connectivity index is 2.19. The molecule has 0 amide bonds. The van der Waals surface area contributed by atoms with Gasteiger partial charge in [-0.05, 0) is 42.0 Å². The van der Waals surface area contributed by atoms with E-state index >= 15 is 0 Å². The summed E-state index contributed by atoms with van der Waals surface area (Å²) in [5.41, 5.74) is 1.47. The summed E-state index contributed by atoms with van der Waals surface area (Å²) >= 11 is 0. The maximum absolute atomic E-state index is 12.1. The van der Waals surface area contributed by atoms with Gasteiger partial charge < -0.3 is 9.47 Å². The summed E-state index contributed by atoms with van der Waals surface area (Å²) < 4.78 is 10.3. The molecule has 0 bridgehead atoms. The summed E-state index contributed by atoms with van der Waals surface area (Å²) in [4.78, 5) is 16.0. The van der Waals surface area contributed by atoms with Crippen molar-refractivity contribution in [3.8, 4) is 11.5 Å². The first kappa shape index (κ1) is 13.8. The third-order valence-electron chi connectivity index (χ3n) is 2.80. The summed E-state index contributed by atoms with van der Waals surface area (Å²) in [7, 11) is 3.10. The number of pyridine rings is 1. The SMILES string of the molecule is COc1ccc(C(=O)/C=C/c2ccncc2)cc1OC. The number of carbonyl (C=O) groups excluding carboxylic acids is 1. The largest absolute Gasteiger partial charge is 0.493 e. The summed E-state index contributed by atoms with van der Waals surface area (Å²) in [6, 6.07) is 8.75. The quantitative estimate of drug-likeness (QED) is 0.618. The van der Waals surface area contributed by atoms with Crippen molar-refractivity contribution < 1.29 is 14.3 Å². The molecule has 1 aromatic heterocycles. The van der Waals surface area contributed by atoms with E-state index in [2.05, 4.69) is 4.98 Å². The number of nitrogens with zero attached hydrogens (tertiary/aromatic N) is 1. The number of allylic oxidation sites excluding steroid dienone is 1. The van der Waals surface area contributed by atoms with Crippen molar-refractivity contribution >= 4 is 11.9 Å². The number of aromatic nitrogens is 1. The zero-order valence-corrected chi connectivity index (χ0v) is 11.4. The Morgan fingerprint density at radius 3 is 2.40 bits per heavy atom. The Hall–Kier alpha value is -2.62. The van der Waals surface area contributed by atoms with Crippen molar-refractivity contribution in [3.05, 3.63) is 59.9 Å². The van der Waals surface area contributed by atoms with E-state index in [1.54, 1.807) is 50.9 Å². The van der Waals surface area contributed by atoms with E-state index in [9.17, 15) is 4.79 Å². The van der Waals surface area contributed by atoms with Crippen LogP contribution in [0.1, 0.15) is 15.9 Å². The zero-order valence-electron chi connectivity index (χ0n) is 11.4. The van der Waals surface area contributed by atoms with Crippen molar-refractivity contribution in [3.63, 3.8) is 0 Å². The third kappa shape index (κ3) is 3.23. The van der Waals surface area contributed by atoms with Gasteiger partial charge in [0.25, 0.3) is 0 Å². The van der Waals surface area contributed by atoms with Crippen LogP contribution < -0.4 is 9.47 Å². The number of ketones is 1. The lowest BCUT2D eigenvalue weighted by Gasteiger charge is -2.07. The Labute approximate surface area is 117 Å². The molecule has 1 aromatic carbocycles. The monoisotopic (exact) mass is 269 g/mol. The molecular formula is C16H15NO3. The van der Waals surface area contributed by atoms with E-state index < -0.39 is 0 Å². The van der Waals surface area contributed by atoms with Crippen LogP contribution in [-0.4, -0.2) is 25.0 Å². The highest BCUT2D eigenvalue weighted by Crippen LogP contribution is 2.27. The van der Waals surface area contributed by atoms with E-state index in [1.807, 2.05) is 12.1 Å². The molecule has 0 unspecified atom stereocenters. The van der Waals surface area contributed by atoms with Gasteiger partial charge in [-0.2, -0.15) is 0 Å². The highest BCUT2D eigenvalue weighted by atomic mass is 16.5. The number of benzene rings is 1. The molecule has 0 aliphatic carbocycles. The molecule has 2 aromatic rings. The van der Waals surface area contributed by atoms with Gasteiger partial charge >= 0.3 is 0 Å². The second kappa shape index (κ2) is 6.52. The predicted octanol–water partition coefficient (Wildman–Crippen LogP) is 2.99. The minimum Gasteiger partial charge on any atom is -0.493 e. The normalized spacial score (nSPS) is 10.5. The van der Waals surface area contributed by atoms with Crippen LogP contribution >= 0.6 is 0 Å². The fourth-order valence-electron chi connectivity index (χ4n) is 1.73. The topological polar surface area (TPSA) is 48.4 Å². The number of hydrogen-bond acceptors (Lipinski definition) is 4. The molecule has 2 rings (SSSR count). The minimum absolute atomic E-state index is 0.0947. The van der Waals surface area contributed by atoms with E-state index in [0.717, 1.165) is 5.56 Å². The summed E-state index contributed by atoms with van der Waals surface area (Å²) in [5.74, 6) is 1.04. The average Bonchev–Trinajstić information content (AvgIpc) is 2.52. The van der Waals surface area contributed by atoms with Crippen molar-refractivity contribution in [1.29, 1.82) is 0 Å². The number of ether oxygens (including phenoxy) is 2. The van der Waals surface area contributed by atoms with Gasteiger partial charge in [0.1, 0.15) is 0 Å². The number of methoxy groups -OCH3 is 2. The minimum atomic E-state index is -0.0947. The molecule has 0 atom stereocenters. The van der Waals surface area contributed by atoms with Crippen LogP contribution in [0.25, 0.3) is 6.08 Å². The Morgan fingerprint density at radius 2 is 1.75 bits per heavy atom. The van der Waals surface area contributed by atoms with Crippen LogP contribution in [0.2, 0.25) is 0 Å². The number of hydrogen-bond donors (Lipinski definition) is 0. The van der Waals surface area contributed by atoms with Crippen molar-refractivity contribution in [1.82, 2.24) is 4.98 Å². The highest BCUT2D eigenvalue weighted by molar-refractivity contribution is 6.07. The lowest BCUT2D eigenvalue weighted by Crippen LogP contribution is -1.97. The molecule has 102 valence electrons. The van der Waals surface area contributed by atoms with E-state index in [1.165, 1.54) is 6.08 Å². The molecule has 0 saturated heterocycles. The molecule has 0 N–H and O–H groups in total. The summed E-state index contributed by atoms with van der Waals surface area (Å²) in [6.07, 6.45) is 6.64. The lowest BCUT2D eigenvalue weighted by atomic mass is 10.1. The molecule has 0 spiro atoms. The van der Waals surface area contributed by atoms with E-state index in [4.69, 9.17) is 9.47 Å². The Bertz CT molecular complexity index is 621. The van der Waals surface area contributed by atoms with Crippen molar-refractivity contribution in [2.24, 2.45) is 0 Å². The molecule has 4 nitrogen and oxygen atoms in total. The first-order valence-corrected chi connectivity index (χ1v) is 6.09. The fraction of sp³-hybridized carbons (Fsp3) is 0.125. The van der Waals surface area contributed by atoms with Gasteiger partial charge in [-0.25, -0.2) is 0 Å². The molecular weight excluding hydrogens is 254 g/mol. The molecule has 1 heterocycles. The van der Waals surface area contributed by atoms with Crippen LogP contribution in [0.3, 0.4) is 0 Å². The smallest absolute Gasteiger partial charge is 0.185 e. The van der Waals surface area contributed by atoms with Crippen LogP contribution in [0.5, 0.6) is 11.5 Å². The fourth-order valence-corrected chi connectivity index (χ4v) is 1.73. The van der Waals surface area contributed by atoms with E-state index in [0.29, 0.717) is 17.1 Å². The first-order chi connectivity index (χ1) is 9.74. The molecule has 0 radical (unpaired) electrons. The van der Waals surface area contributed by atoms with Crippen molar-refractivity contribution in [2.45, 2.75) is 0 Å². The summed E-state index contributed by atoms with van der Waals surface area (Å²) in [5, 5.41) is 0. The summed E-state index contributed by atoms with van der Waals surface area (Å²) in [6.45, 7) is 0. The molecule has 20 heavy (non-hydrogen) atoms. The standard InChI is InChI=1S/C16H15NO3/c1-19-15-6-4-13(11-16(15)20-2)14(18)5-3-12-7-9-17-10-8-12/h3-11H,1-2H3/b5-3+. The second-order valence-electron chi connectivity index (χ2n) is 4.05. The first-order valence-electron chi connectivity index (χ1n) is 6.09. The lowest BCUT2D eigenvalue weighted by molar-refractivity contribution is 0.104. The van der Waals surface area contributed by atoms with Gasteiger partial charge in [-0.15, -0.1) is 0 Å². The van der Waals surface area contributed by atoms with Gasteiger partial charge in [0, 0.05) is 18.0 Å². The van der Waals surface area contributed by atoms with Crippen molar-refractivity contribution in [2.75, 3.05) is 14.2 Å². The van der Waals surface area contributed by atoms with Gasteiger partial charge in [0.2, 0.25) is 0 Å². The van der Waals surface area contributed by atoms with Crippen LogP contribution in [0.15, 0.2) is 48.8 Å². The van der Waals surface area contributed by atoms with Gasteiger partial charge in [0.05, 0.1) is 14.2 Å². The molecule has 4 heteroatoms. The van der Waals surface area contributed by atoms with Crippen LogP contribution in [0, 0.1) is 0 Å². The zero-order chi connectivity index (χ0) is 14.4. The van der Waals surface area contributed by atoms with Gasteiger partial charge in [-0.1, -0.05) is 6.08 Å². The maximum atomic E-state index is 12.1. The Morgan fingerprint density at radius 1 is 1.05 bits per heavy atom. The number of carbonyl (C=O) groups is 1. The number of rotatable bonds is 5. The van der Waals surface area contributed by atoms with Crippen LogP contribution in [-0.2, 0) is 0 Å². The predicted molar refractivity (Wildman–Crippen MR) is 77.1 cm³/mol. The maximum Gasteiger partial charge on any atom is 0.185 e. The van der Waals surface area contributed by atoms with Gasteiger partial charge in [-0.3, -0.25) is 9.78 Å². The highest BCUT2D eigenvalue weighted by Gasteiger charge is 2.08. The molecule has 0 aliphatic rings. The molecule has 0 aliphatic heterocycles. The van der Waals surface area contributed by atoms with E-state index in [-0.39, 0.29) is 5.78 Å². The van der Waals surface area contributed by atoms with Gasteiger partial charge in [0.15, 0.2) is 17.3 Å². The molecule has 0 fully saturated rings. The van der Waals surface area contributed by atoms with Crippen LogP contribution in [0.4, 0.5) is 0 Å². The third-order valence-corrected chi connectivity index (χ3v) is 2.80.